The molecule has 0 heterocycles. The van der Waals surface area contributed by atoms with Crippen LogP contribution < -0.4 is 10.2 Å². The molecule has 0 aliphatic heterocycles. The van der Waals surface area contributed by atoms with Crippen molar-refractivity contribution in [1.29, 1.82) is 0 Å². The average Bonchev–Trinajstić information content (AvgIpc) is 2.81. The van der Waals surface area contributed by atoms with E-state index in [1.807, 2.05) is 19.0 Å². The number of sulfonamides is 1. The Hall–Kier alpha value is -3.34. The van der Waals surface area contributed by atoms with E-state index in [-0.39, 0.29) is 30.2 Å². The normalized spacial score (nSPS) is 11.5. The highest BCUT2D eigenvalue weighted by molar-refractivity contribution is 7.89. The first-order valence-electron chi connectivity index (χ1n) is 10.7. The second-order valence-electron chi connectivity index (χ2n) is 7.99. The van der Waals surface area contributed by atoms with Gasteiger partial charge < -0.3 is 15.0 Å². The van der Waals surface area contributed by atoms with Crippen LogP contribution in [-0.2, 0) is 21.3 Å². The molecule has 0 fully saturated rings. The Morgan fingerprint density at radius 3 is 2.31 bits per heavy atom. The van der Waals surface area contributed by atoms with Crippen LogP contribution in [0.2, 0.25) is 0 Å². The minimum Gasteiger partial charge on any atom is -0.383 e. The topological polar surface area (TPSA) is 79.0 Å². The van der Waals surface area contributed by atoms with Crippen molar-refractivity contribution >= 4 is 27.3 Å². The van der Waals surface area contributed by atoms with Gasteiger partial charge in [-0.15, -0.1) is 0 Å². The van der Waals surface area contributed by atoms with E-state index in [9.17, 15) is 22.0 Å². The van der Waals surface area contributed by atoms with Crippen molar-refractivity contribution in [2.45, 2.75) is 11.4 Å². The lowest BCUT2D eigenvalue weighted by molar-refractivity contribution is 0.102. The van der Waals surface area contributed by atoms with E-state index >= 15 is 0 Å². The molecule has 0 spiro atoms. The summed E-state index contributed by atoms with van der Waals surface area (Å²) in [7, 11) is 1.13. The maximum Gasteiger partial charge on any atom is 0.255 e. The molecule has 0 aliphatic rings. The Labute approximate surface area is 204 Å². The van der Waals surface area contributed by atoms with Gasteiger partial charge in [0.1, 0.15) is 11.6 Å². The number of hydrogen-bond acceptors (Lipinski definition) is 5. The van der Waals surface area contributed by atoms with Crippen molar-refractivity contribution in [2.24, 2.45) is 0 Å². The summed E-state index contributed by atoms with van der Waals surface area (Å²) < 4.78 is 59.9. The lowest BCUT2D eigenvalue weighted by atomic mass is 10.1. The van der Waals surface area contributed by atoms with Crippen molar-refractivity contribution in [3.63, 3.8) is 0 Å². The molecule has 3 aromatic carbocycles. The predicted octanol–water partition coefficient (Wildman–Crippen LogP) is 4.12. The van der Waals surface area contributed by atoms with Gasteiger partial charge in [-0.1, -0.05) is 6.07 Å². The first-order chi connectivity index (χ1) is 16.6. The third-order valence-corrected chi connectivity index (χ3v) is 7.11. The zero-order valence-electron chi connectivity index (χ0n) is 19.7. The molecule has 1 amide bonds. The third-order valence-electron chi connectivity index (χ3n) is 5.25. The predicted molar refractivity (Wildman–Crippen MR) is 131 cm³/mol. The Bertz CT molecular complexity index is 1280. The van der Waals surface area contributed by atoms with Crippen molar-refractivity contribution in [3.05, 3.63) is 89.5 Å². The minimum atomic E-state index is -3.98. The summed E-state index contributed by atoms with van der Waals surface area (Å²) in [4.78, 5) is 14.4. The van der Waals surface area contributed by atoms with Crippen LogP contribution in [0.15, 0.2) is 71.6 Å². The molecule has 0 aromatic heterocycles. The van der Waals surface area contributed by atoms with Gasteiger partial charge >= 0.3 is 0 Å². The molecule has 186 valence electrons. The molecule has 1 N–H and O–H groups in total. The lowest BCUT2D eigenvalue weighted by Gasteiger charge is -2.25. The van der Waals surface area contributed by atoms with Gasteiger partial charge in [-0.2, -0.15) is 4.31 Å². The Morgan fingerprint density at radius 2 is 1.69 bits per heavy atom. The number of carbonyl (C=O) groups excluding carboxylic acids is 1. The average molecular weight is 504 g/mol. The van der Waals surface area contributed by atoms with Crippen LogP contribution in [0.1, 0.15) is 15.9 Å². The van der Waals surface area contributed by atoms with Gasteiger partial charge in [0.05, 0.1) is 11.5 Å². The van der Waals surface area contributed by atoms with E-state index in [1.165, 1.54) is 41.7 Å². The zero-order chi connectivity index (χ0) is 25.6. The van der Waals surface area contributed by atoms with E-state index in [4.69, 9.17) is 4.74 Å². The molecule has 0 atom stereocenters. The monoisotopic (exact) mass is 503 g/mol. The highest BCUT2D eigenvalue weighted by Gasteiger charge is 2.26. The summed E-state index contributed by atoms with van der Waals surface area (Å²) in [6, 6.07) is 15.0. The van der Waals surface area contributed by atoms with E-state index in [0.29, 0.717) is 11.3 Å². The number of anilines is 2. The number of amides is 1. The van der Waals surface area contributed by atoms with Gasteiger partial charge in [0.15, 0.2) is 0 Å². The molecule has 0 saturated heterocycles. The van der Waals surface area contributed by atoms with Gasteiger partial charge in [-0.05, 0) is 66.2 Å². The zero-order valence-corrected chi connectivity index (χ0v) is 20.5. The standard InChI is InChI=1S/C25H27F2N3O4S/c1-29(2)24-12-9-22(28-25(31)18-5-4-6-21(27)15-18)16-19(24)17-30(13-14-34-3)35(32,33)23-10-7-20(26)8-11-23/h4-12,15-16H,13-14,17H2,1-3H3,(H,28,31). The molecule has 0 saturated carbocycles. The Kier molecular flexibility index (Phi) is 8.55. The van der Waals surface area contributed by atoms with E-state index in [1.54, 1.807) is 18.2 Å². The van der Waals surface area contributed by atoms with Crippen LogP contribution >= 0.6 is 0 Å². The number of rotatable bonds is 10. The van der Waals surface area contributed by atoms with Crippen LogP contribution in [0.3, 0.4) is 0 Å². The Balaban J connectivity index is 1.94. The number of methoxy groups -OCH3 is 1. The molecule has 7 nitrogen and oxygen atoms in total. The van der Waals surface area contributed by atoms with E-state index < -0.39 is 27.6 Å². The summed E-state index contributed by atoms with van der Waals surface area (Å²) >= 11 is 0. The fourth-order valence-corrected chi connectivity index (χ4v) is 4.88. The highest BCUT2D eigenvalue weighted by atomic mass is 32.2. The second kappa shape index (κ2) is 11.4. The molecule has 0 aliphatic carbocycles. The van der Waals surface area contributed by atoms with Crippen molar-refractivity contribution < 1.29 is 26.7 Å². The molecule has 3 aromatic rings. The maximum absolute atomic E-state index is 13.5. The highest BCUT2D eigenvalue weighted by Crippen LogP contribution is 2.27. The Morgan fingerprint density at radius 1 is 0.971 bits per heavy atom. The smallest absolute Gasteiger partial charge is 0.255 e. The van der Waals surface area contributed by atoms with Crippen LogP contribution in [0.5, 0.6) is 0 Å². The number of halogens is 2. The first kappa shape index (κ1) is 26.3. The molecule has 0 radical (unpaired) electrons. The fraction of sp³-hybridized carbons (Fsp3) is 0.240. The number of benzene rings is 3. The van der Waals surface area contributed by atoms with Gasteiger partial charge in [0.2, 0.25) is 10.0 Å². The largest absolute Gasteiger partial charge is 0.383 e. The van der Waals surface area contributed by atoms with Crippen molar-refractivity contribution in [2.75, 3.05) is 44.6 Å². The first-order valence-corrected chi connectivity index (χ1v) is 12.2. The number of nitrogens with one attached hydrogen (secondary N) is 1. The molecule has 35 heavy (non-hydrogen) atoms. The van der Waals surface area contributed by atoms with Gasteiger partial charge in [0.25, 0.3) is 5.91 Å². The summed E-state index contributed by atoms with van der Waals surface area (Å²) in [6.45, 7) is 0.178. The third kappa shape index (κ3) is 6.62. The SMILES string of the molecule is COCCN(Cc1cc(NC(=O)c2cccc(F)c2)ccc1N(C)C)S(=O)(=O)c1ccc(F)cc1. The summed E-state index contributed by atoms with van der Waals surface area (Å²) in [6.07, 6.45) is 0. The van der Waals surface area contributed by atoms with E-state index in [0.717, 1.165) is 23.9 Å². The second-order valence-corrected chi connectivity index (χ2v) is 9.93. The molecule has 3 rings (SSSR count). The lowest BCUT2D eigenvalue weighted by Crippen LogP contribution is -2.34. The number of nitrogens with zero attached hydrogens (tertiary/aromatic N) is 2. The van der Waals surface area contributed by atoms with E-state index in [2.05, 4.69) is 5.32 Å². The molecular formula is C25H27F2N3O4S. The summed E-state index contributed by atoms with van der Waals surface area (Å²) in [5.74, 6) is -1.56. The molecule has 0 bridgehead atoms. The summed E-state index contributed by atoms with van der Waals surface area (Å²) in [5, 5.41) is 2.73. The van der Waals surface area contributed by atoms with Gasteiger partial charge in [-0.25, -0.2) is 17.2 Å². The fourth-order valence-electron chi connectivity index (χ4n) is 3.48. The van der Waals surface area contributed by atoms with Gasteiger partial charge in [-0.3, -0.25) is 4.79 Å². The maximum atomic E-state index is 13.5. The number of hydrogen-bond donors (Lipinski definition) is 1. The van der Waals surface area contributed by atoms with Crippen molar-refractivity contribution in [1.82, 2.24) is 4.31 Å². The van der Waals surface area contributed by atoms with Crippen LogP contribution in [0, 0.1) is 11.6 Å². The van der Waals surface area contributed by atoms with Gasteiger partial charge in [0, 0.05) is 51.2 Å². The number of carbonyl (C=O) groups is 1. The van der Waals surface area contributed by atoms with Crippen LogP contribution in [0.25, 0.3) is 0 Å². The number of ether oxygens (including phenoxy) is 1. The molecule has 0 unspecified atom stereocenters. The quantitative estimate of drug-likeness (QED) is 0.450. The van der Waals surface area contributed by atoms with Crippen LogP contribution in [-0.4, -0.2) is 53.0 Å². The molecule has 10 heteroatoms. The minimum absolute atomic E-state index is 0.0275. The van der Waals surface area contributed by atoms with Crippen molar-refractivity contribution in [3.8, 4) is 0 Å². The van der Waals surface area contributed by atoms with Crippen LogP contribution in [0.4, 0.5) is 20.2 Å². The molecular weight excluding hydrogens is 476 g/mol. The summed E-state index contributed by atoms with van der Waals surface area (Å²) in [5.41, 5.74) is 1.94.